The third kappa shape index (κ3) is 4.51. The second-order valence-corrected chi connectivity index (χ2v) is 3.69. The van der Waals surface area contributed by atoms with Gasteiger partial charge in [0.1, 0.15) is 0 Å². The lowest BCUT2D eigenvalue weighted by Gasteiger charge is -2.08. The van der Waals surface area contributed by atoms with Gasteiger partial charge < -0.3 is 20.9 Å². The molecule has 0 amide bonds. The van der Waals surface area contributed by atoms with Gasteiger partial charge in [-0.25, -0.2) is 0 Å². The van der Waals surface area contributed by atoms with Gasteiger partial charge in [0.2, 0.25) is 0 Å². The van der Waals surface area contributed by atoms with Crippen LogP contribution in [0.5, 0.6) is 0 Å². The summed E-state index contributed by atoms with van der Waals surface area (Å²) in [4.78, 5) is 0. The molecule has 1 aromatic rings. The van der Waals surface area contributed by atoms with Crippen molar-refractivity contribution in [2.45, 2.75) is 13.3 Å². The summed E-state index contributed by atoms with van der Waals surface area (Å²) >= 11 is 0. The van der Waals surface area contributed by atoms with Gasteiger partial charge in [0.05, 0.1) is 13.2 Å². The summed E-state index contributed by atoms with van der Waals surface area (Å²) in [6.45, 7) is 3.99. The zero-order chi connectivity index (χ0) is 11.8. The van der Waals surface area contributed by atoms with E-state index in [2.05, 4.69) is 5.32 Å². The molecule has 0 spiro atoms. The van der Waals surface area contributed by atoms with Crippen molar-refractivity contribution >= 4 is 11.4 Å². The molecular formula is C12H20N2O2. The zero-order valence-electron chi connectivity index (χ0n) is 9.70. The van der Waals surface area contributed by atoms with E-state index in [1.807, 2.05) is 25.1 Å². The van der Waals surface area contributed by atoms with E-state index in [9.17, 15) is 0 Å². The van der Waals surface area contributed by atoms with Crippen LogP contribution in [0.2, 0.25) is 0 Å². The molecule has 90 valence electrons. The average Bonchev–Trinajstić information content (AvgIpc) is 2.28. The monoisotopic (exact) mass is 224 g/mol. The Morgan fingerprint density at radius 3 is 2.88 bits per heavy atom. The predicted octanol–water partition coefficient (Wildman–Crippen LogP) is 1.39. The SMILES string of the molecule is Cc1ccc(NCCCOCCO)cc1N. The maximum atomic E-state index is 8.50. The summed E-state index contributed by atoms with van der Waals surface area (Å²) < 4.78 is 5.15. The van der Waals surface area contributed by atoms with Crippen LogP contribution in [0, 0.1) is 6.92 Å². The highest BCUT2D eigenvalue weighted by Gasteiger charge is 1.96. The quantitative estimate of drug-likeness (QED) is 0.483. The maximum absolute atomic E-state index is 8.50. The van der Waals surface area contributed by atoms with Crippen molar-refractivity contribution in [2.24, 2.45) is 0 Å². The topological polar surface area (TPSA) is 67.5 Å². The van der Waals surface area contributed by atoms with Gasteiger partial charge in [-0.15, -0.1) is 0 Å². The lowest BCUT2D eigenvalue weighted by molar-refractivity contribution is 0.0922. The van der Waals surface area contributed by atoms with Gasteiger partial charge in [-0.3, -0.25) is 0 Å². The summed E-state index contributed by atoms with van der Waals surface area (Å²) in [6.07, 6.45) is 0.910. The third-order valence-electron chi connectivity index (χ3n) is 2.31. The molecule has 4 N–H and O–H groups in total. The van der Waals surface area contributed by atoms with E-state index in [4.69, 9.17) is 15.6 Å². The fraction of sp³-hybridized carbons (Fsp3) is 0.500. The minimum Gasteiger partial charge on any atom is -0.398 e. The summed E-state index contributed by atoms with van der Waals surface area (Å²) in [7, 11) is 0. The maximum Gasteiger partial charge on any atom is 0.0697 e. The van der Waals surface area contributed by atoms with Crippen LogP contribution < -0.4 is 11.1 Å². The van der Waals surface area contributed by atoms with Gasteiger partial charge in [0.25, 0.3) is 0 Å². The van der Waals surface area contributed by atoms with E-state index in [1.54, 1.807) is 0 Å². The van der Waals surface area contributed by atoms with Crippen LogP contribution >= 0.6 is 0 Å². The Kier molecular flexibility index (Phi) is 5.67. The molecule has 0 unspecified atom stereocenters. The van der Waals surface area contributed by atoms with Crippen LogP contribution in [0.25, 0.3) is 0 Å². The first-order valence-corrected chi connectivity index (χ1v) is 5.52. The summed E-state index contributed by atoms with van der Waals surface area (Å²) in [5.41, 5.74) is 8.73. The van der Waals surface area contributed by atoms with E-state index < -0.39 is 0 Å². The molecule has 0 aliphatic rings. The number of rotatable bonds is 7. The number of nitrogens with two attached hydrogens (primary N) is 1. The van der Waals surface area contributed by atoms with Crippen LogP contribution in [0.4, 0.5) is 11.4 Å². The van der Waals surface area contributed by atoms with Crippen molar-refractivity contribution in [3.05, 3.63) is 23.8 Å². The Morgan fingerprint density at radius 1 is 1.38 bits per heavy atom. The highest BCUT2D eigenvalue weighted by Crippen LogP contribution is 2.16. The largest absolute Gasteiger partial charge is 0.398 e. The number of anilines is 2. The molecule has 0 aliphatic heterocycles. The first kappa shape index (κ1) is 12.8. The van der Waals surface area contributed by atoms with Crippen molar-refractivity contribution in [1.82, 2.24) is 0 Å². The first-order valence-electron chi connectivity index (χ1n) is 5.52. The molecule has 0 fully saturated rings. The van der Waals surface area contributed by atoms with Crippen LogP contribution in [-0.4, -0.2) is 31.5 Å². The molecule has 0 aliphatic carbocycles. The van der Waals surface area contributed by atoms with Crippen molar-refractivity contribution in [3.63, 3.8) is 0 Å². The molecule has 0 bridgehead atoms. The number of nitrogens with one attached hydrogen (secondary N) is 1. The second kappa shape index (κ2) is 7.09. The average molecular weight is 224 g/mol. The van der Waals surface area contributed by atoms with Gasteiger partial charge in [0.15, 0.2) is 0 Å². The minimum absolute atomic E-state index is 0.0852. The number of aliphatic hydroxyl groups is 1. The number of hydrogen-bond donors (Lipinski definition) is 3. The van der Waals surface area contributed by atoms with E-state index in [-0.39, 0.29) is 6.61 Å². The predicted molar refractivity (Wildman–Crippen MR) is 66.6 cm³/mol. The fourth-order valence-corrected chi connectivity index (χ4v) is 1.32. The van der Waals surface area contributed by atoms with E-state index in [0.29, 0.717) is 13.2 Å². The Labute approximate surface area is 96.4 Å². The van der Waals surface area contributed by atoms with Crippen molar-refractivity contribution < 1.29 is 9.84 Å². The molecule has 4 heteroatoms. The number of aryl methyl sites for hydroxylation is 1. The Morgan fingerprint density at radius 2 is 2.19 bits per heavy atom. The van der Waals surface area contributed by atoms with E-state index in [0.717, 1.165) is 29.9 Å². The number of nitrogen functional groups attached to an aromatic ring is 1. The van der Waals surface area contributed by atoms with Crippen molar-refractivity contribution in [1.29, 1.82) is 0 Å². The lowest BCUT2D eigenvalue weighted by atomic mass is 10.2. The molecule has 0 saturated carbocycles. The molecule has 0 aromatic heterocycles. The highest BCUT2D eigenvalue weighted by molar-refractivity contribution is 5.58. The summed E-state index contributed by atoms with van der Waals surface area (Å²) in [6, 6.07) is 5.95. The first-order chi connectivity index (χ1) is 7.74. The smallest absolute Gasteiger partial charge is 0.0697 e. The molecule has 1 aromatic carbocycles. The summed E-state index contributed by atoms with van der Waals surface area (Å²) in [5, 5.41) is 11.8. The zero-order valence-corrected chi connectivity index (χ0v) is 9.70. The Balaban J connectivity index is 2.19. The van der Waals surface area contributed by atoms with Gasteiger partial charge >= 0.3 is 0 Å². The molecule has 1 rings (SSSR count). The summed E-state index contributed by atoms with van der Waals surface area (Å²) in [5.74, 6) is 0. The molecular weight excluding hydrogens is 204 g/mol. The number of benzene rings is 1. The molecule has 16 heavy (non-hydrogen) atoms. The minimum atomic E-state index is 0.0852. The Hall–Kier alpha value is -1.26. The lowest BCUT2D eigenvalue weighted by Crippen LogP contribution is -2.07. The van der Waals surface area contributed by atoms with Gasteiger partial charge in [-0.2, -0.15) is 0 Å². The molecule has 0 atom stereocenters. The number of hydrogen-bond acceptors (Lipinski definition) is 4. The normalized spacial score (nSPS) is 10.4. The van der Waals surface area contributed by atoms with Crippen LogP contribution in [-0.2, 0) is 4.74 Å². The molecule has 0 saturated heterocycles. The second-order valence-electron chi connectivity index (χ2n) is 3.69. The standard InChI is InChI=1S/C12H20N2O2/c1-10-3-4-11(9-12(10)13)14-5-2-7-16-8-6-15/h3-4,9,14-15H,2,5-8,13H2,1H3. The van der Waals surface area contributed by atoms with Gasteiger partial charge in [-0.05, 0) is 31.0 Å². The van der Waals surface area contributed by atoms with Crippen LogP contribution in [0.1, 0.15) is 12.0 Å². The highest BCUT2D eigenvalue weighted by atomic mass is 16.5. The third-order valence-corrected chi connectivity index (χ3v) is 2.31. The van der Waals surface area contributed by atoms with Crippen molar-refractivity contribution in [3.8, 4) is 0 Å². The molecule has 4 nitrogen and oxygen atoms in total. The van der Waals surface area contributed by atoms with Crippen LogP contribution in [0.3, 0.4) is 0 Å². The van der Waals surface area contributed by atoms with Gasteiger partial charge in [-0.1, -0.05) is 6.07 Å². The Bertz CT molecular complexity index is 316. The van der Waals surface area contributed by atoms with Crippen LogP contribution in [0.15, 0.2) is 18.2 Å². The number of ether oxygens (including phenoxy) is 1. The molecule has 0 heterocycles. The fourth-order valence-electron chi connectivity index (χ4n) is 1.32. The van der Waals surface area contributed by atoms with Gasteiger partial charge in [0, 0.05) is 24.5 Å². The number of aliphatic hydroxyl groups excluding tert-OH is 1. The van der Waals surface area contributed by atoms with E-state index in [1.165, 1.54) is 0 Å². The molecule has 0 radical (unpaired) electrons. The van der Waals surface area contributed by atoms with Crippen molar-refractivity contribution in [2.75, 3.05) is 37.4 Å². The van der Waals surface area contributed by atoms with E-state index >= 15 is 0 Å².